The van der Waals surface area contributed by atoms with Crippen LogP contribution >= 0.6 is 11.6 Å². The van der Waals surface area contributed by atoms with E-state index in [0.717, 1.165) is 10.9 Å². The molecule has 0 amide bonds. The second-order valence-electron chi connectivity index (χ2n) is 4.45. The van der Waals surface area contributed by atoms with Gasteiger partial charge in [-0.15, -0.1) is 0 Å². The molecule has 0 fully saturated rings. The minimum Gasteiger partial charge on any atom is -0.457 e. The predicted molar refractivity (Wildman–Crippen MR) is 78.0 cm³/mol. The van der Waals surface area contributed by atoms with Gasteiger partial charge < -0.3 is 4.74 Å². The van der Waals surface area contributed by atoms with Gasteiger partial charge in [-0.3, -0.25) is 4.98 Å². The Kier molecular flexibility index (Phi) is 3.28. The molecule has 2 aromatic carbocycles. The average molecular weight is 288 g/mol. The van der Waals surface area contributed by atoms with Gasteiger partial charge in [-0.1, -0.05) is 17.7 Å². The van der Waals surface area contributed by atoms with Gasteiger partial charge in [0.2, 0.25) is 0 Å². The number of hydrogen-bond donors (Lipinski definition) is 0. The molecule has 1 heterocycles. The Morgan fingerprint density at radius 1 is 1.05 bits per heavy atom. The van der Waals surface area contributed by atoms with Gasteiger partial charge >= 0.3 is 0 Å². The van der Waals surface area contributed by atoms with Crippen molar-refractivity contribution in [2.75, 3.05) is 0 Å². The first-order valence-electron chi connectivity index (χ1n) is 6.12. The van der Waals surface area contributed by atoms with E-state index in [-0.39, 0.29) is 5.82 Å². The SMILES string of the molecule is Cc1ccc(Cl)c2nccc(Oc3ccc(F)cc3)c12. The molecule has 0 aliphatic rings. The molecule has 0 aliphatic carbocycles. The van der Waals surface area contributed by atoms with Crippen LogP contribution in [0, 0.1) is 12.7 Å². The summed E-state index contributed by atoms with van der Waals surface area (Å²) in [6.07, 6.45) is 1.65. The van der Waals surface area contributed by atoms with Crippen molar-refractivity contribution in [2.24, 2.45) is 0 Å². The van der Waals surface area contributed by atoms with Crippen LogP contribution < -0.4 is 4.74 Å². The topological polar surface area (TPSA) is 22.1 Å². The van der Waals surface area contributed by atoms with Crippen molar-refractivity contribution in [3.8, 4) is 11.5 Å². The molecule has 0 saturated carbocycles. The number of benzene rings is 2. The van der Waals surface area contributed by atoms with Gasteiger partial charge in [-0.25, -0.2) is 4.39 Å². The molecule has 1 aromatic heterocycles. The van der Waals surface area contributed by atoms with Crippen LogP contribution in [0.15, 0.2) is 48.7 Å². The van der Waals surface area contributed by atoms with Gasteiger partial charge in [-0.2, -0.15) is 0 Å². The van der Waals surface area contributed by atoms with E-state index in [1.165, 1.54) is 12.1 Å². The summed E-state index contributed by atoms with van der Waals surface area (Å²) in [6, 6.07) is 11.4. The van der Waals surface area contributed by atoms with Crippen LogP contribution in [0.1, 0.15) is 5.56 Å². The van der Waals surface area contributed by atoms with Crippen LogP contribution in [0.4, 0.5) is 4.39 Å². The molecule has 0 unspecified atom stereocenters. The quantitative estimate of drug-likeness (QED) is 0.652. The lowest BCUT2D eigenvalue weighted by molar-refractivity contribution is 0.485. The van der Waals surface area contributed by atoms with Crippen molar-refractivity contribution >= 4 is 22.5 Å². The number of nitrogens with zero attached hydrogens (tertiary/aromatic N) is 1. The molecule has 2 nitrogen and oxygen atoms in total. The van der Waals surface area contributed by atoms with E-state index >= 15 is 0 Å². The van der Waals surface area contributed by atoms with Crippen LogP contribution in [-0.2, 0) is 0 Å². The lowest BCUT2D eigenvalue weighted by Crippen LogP contribution is -1.90. The molecule has 0 spiro atoms. The third-order valence-electron chi connectivity index (χ3n) is 3.05. The molecule has 100 valence electrons. The largest absolute Gasteiger partial charge is 0.457 e. The minimum absolute atomic E-state index is 0.295. The molecule has 0 saturated heterocycles. The van der Waals surface area contributed by atoms with Crippen LogP contribution in [0.3, 0.4) is 0 Å². The lowest BCUT2D eigenvalue weighted by Gasteiger charge is -2.11. The van der Waals surface area contributed by atoms with E-state index in [0.29, 0.717) is 22.0 Å². The maximum Gasteiger partial charge on any atom is 0.138 e. The van der Waals surface area contributed by atoms with E-state index in [9.17, 15) is 4.39 Å². The summed E-state index contributed by atoms with van der Waals surface area (Å²) < 4.78 is 18.7. The summed E-state index contributed by atoms with van der Waals surface area (Å²) in [5, 5.41) is 1.44. The molecule has 0 radical (unpaired) electrons. The molecule has 0 N–H and O–H groups in total. The number of pyridine rings is 1. The van der Waals surface area contributed by atoms with E-state index in [1.54, 1.807) is 24.4 Å². The second kappa shape index (κ2) is 5.10. The van der Waals surface area contributed by atoms with E-state index in [4.69, 9.17) is 16.3 Å². The van der Waals surface area contributed by atoms with Gasteiger partial charge in [0.25, 0.3) is 0 Å². The predicted octanol–water partition coefficient (Wildman–Crippen LogP) is 5.13. The third kappa shape index (κ3) is 2.32. The lowest BCUT2D eigenvalue weighted by atomic mass is 10.1. The van der Waals surface area contributed by atoms with Gasteiger partial charge in [0.15, 0.2) is 0 Å². The highest BCUT2D eigenvalue weighted by Gasteiger charge is 2.10. The fourth-order valence-electron chi connectivity index (χ4n) is 2.08. The molecule has 0 atom stereocenters. The fourth-order valence-corrected chi connectivity index (χ4v) is 2.29. The van der Waals surface area contributed by atoms with Crippen LogP contribution in [0.2, 0.25) is 5.02 Å². The molecule has 3 rings (SSSR count). The second-order valence-corrected chi connectivity index (χ2v) is 4.86. The summed E-state index contributed by atoms with van der Waals surface area (Å²) in [6.45, 7) is 1.97. The first-order chi connectivity index (χ1) is 9.65. The van der Waals surface area contributed by atoms with Crippen LogP contribution in [0.25, 0.3) is 10.9 Å². The monoisotopic (exact) mass is 287 g/mol. The first-order valence-corrected chi connectivity index (χ1v) is 6.50. The Bertz CT molecular complexity index is 771. The zero-order valence-electron chi connectivity index (χ0n) is 10.7. The highest BCUT2D eigenvalue weighted by Crippen LogP contribution is 2.34. The Labute approximate surface area is 120 Å². The number of aromatic nitrogens is 1. The third-order valence-corrected chi connectivity index (χ3v) is 3.36. The van der Waals surface area contributed by atoms with Gasteiger partial charge in [0.05, 0.1) is 10.5 Å². The van der Waals surface area contributed by atoms with Gasteiger partial charge in [0.1, 0.15) is 17.3 Å². The Morgan fingerprint density at radius 2 is 1.80 bits per heavy atom. The normalized spacial score (nSPS) is 10.8. The maximum atomic E-state index is 12.9. The van der Waals surface area contributed by atoms with Crippen molar-refractivity contribution in [1.82, 2.24) is 4.98 Å². The molecular weight excluding hydrogens is 277 g/mol. The van der Waals surface area contributed by atoms with Gasteiger partial charge in [0, 0.05) is 11.6 Å². The summed E-state index contributed by atoms with van der Waals surface area (Å²) >= 11 is 6.16. The maximum absolute atomic E-state index is 12.9. The summed E-state index contributed by atoms with van der Waals surface area (Å²) in [7, 11) is 0. The van der Waals surface area contributed by atoms with Crippen molar-refractivity contribution in [3.05, 3.63) is 65.1 Å². The first kappa shape index (κ1) is 12.9. The van der Waals surface area contributed by atoms with Crippen LogP contribution in [0.5, 0.6) is 11.5 Å². The smallest absolute Gasteiger partial charge is 0.138 e. The molecule has 20 heavy (non-hydrogen) atoms. The summed E-state index contributed by atoms with van der Waals surface area (Å²) in [5.41, 5.74) is 1.72. The van der Waals surface area contributed by atoms with Crippen molar-refractivity contribution in [1.29, 1.82) is 0 Å². The zero-order valence-corrected chi connectivity index (χ0v) is 11.5. The number of ether oxygens (including phenoxy) is 1. The average Bonchev–Trinajstić information content (AvgIpc) is 2.46. The van der Waals surface area contributed by atoms with E-state index in [1.807, 2.05) is 19.1 Å². The Hall–Kier alpha value is -2.13. The molecular formula is C16H11ClFNO. The molecule has 4 heteroatoms. The molecule has 3 aromatic rings. The zero-order chi connectivity index (χ0) is 14.1. The minimum atomic E-state index is -0.295. The summed E-state index contributed by atoms with van der Waals surface area (Å²) in [4.78, 5) is 4.29. The standard InChI is InChI=1S/C16H11ClFNO/c1-10-2-7-13(17)16-15(10)14(8-9-19-16)20-12-5-3-11(18)4-6-12/h2-9H,1H3. The number of fused-ring (bicyclic) bond motifs is 1. The highest BCUT2D eigenvalue weighted by atomic mass is 35.5. The van der Waals surface area contributed by atoms with Crippen molar-refractivity contribution in [2.45, 2.75) is 6.92 Å². The van der Waals surface area contributed by atoms with E-state index < -0.39 is 0 Å². The Morgan fingerprint density at radius 3 is 2.55 bits per heavy atom. The van der Waals surface area contributed by atoms with Crippen LogP contribution in [-0.4, -0.2) is 4.98 Å². The fraction of sp³-hybridized carbons (Fsp3) is 0.0625. The van der Waals surface area contributed by atoms with Crippen molar-refractivity contribution in [3.63, 3.8) is 0 Å². The Balaban J connectivity index is 2.12. The summed E-state index contributed by atoms with van der Waals surface area (Å²) in [5.74, 6) is 0.927. The highest BCUT2D eigenvalue weighted by molar-refractivity contribution is 6.35. The number of aryl methyl sites for hydroxylation is 1. The van der Waals surface area contributed by atoms with Crippen molar-refractivity contribution < 1.29 is 9.13 Å². The number of hydrogen-bond acceptors (Lipinski definition) is 2. The molecule has 0 aliphatic heterocycles. The molecule has 0 bridgehead atoms. The van der Waals surface area contributed by atoms with E-state index in [2.05, 4.69) is 4.98 Å². The number of halogens is 2. The number of rotatable bonds is 2. The van der Waals surface area contributed by atoms with Gasteiger partial charge in [-0.05, 0) is 48.9 Å².